The number of nitrogen functional groups attached to an aromatic ring is 1. The van der Waals surface area contributed by atoms with E-state index in [9.17, 15) is 24.7 Å². The van der Waals surface area contributed by atoms with Gasteiger partial charge in [0.15, 0.2) is 10.8 Å². The maximum Gasteiger partial charge on any atom is 0.353 e. The van der Waals surface area contributed by atoms with Gasteiger partial charge in [0.1, 0.15) is 21.8 Å². The Kier molecular flexibility index (Phi) is 5.99. The predicted octanol–water partition coefficient (Wildman–Crippen LogP) is 0.925. The molecule has 15 heteroatoms. The number of hydrogen-bond donors (Lipinski definition) is 4. The fourth-order valence-corrected chi connectivity index (χ4v) is 5.43. The molecule has 0 bridgehead atoms. The second kappa shape index (κ2) is 8.72. The summed E-state index contributed by atoms with van der Waals surface area (Å²) < 4.78 is 0.0491. The lowest BCUT2D eigenvalue weighted by atomic mass is 9.86. The Labute approximate surface area is 193 Å². The average Bonchev–Trinajstić information content (AvgIpc) is 3.10. The molecule has 2 atom stereocenters. The summed E-state index contributed by atoms with van der Waals surface area (Å²) in [6.45, 7) is 0. The van der Waals surface area contributed by atoms with Gasteiger partial charge in [0.25, 0.3) is 11.8 Å². The number of oxime groups is 1. The highest BCUT2D eigenvalue weighted by Gasteiger charge is 2.53. The summed E-state index contributed by atoms with van der Waals surface area (Å²) >= 11 is 8.06. The molecule has 1 fully saturated rings. The molecule has 0 spiro atoms. The number of thiazole rings is 1. The molecule has 0 aromatic carbocycles. The van der Waals surface area contributed by atoms with E-state index in [2.05, 4.69) is 25.7 Å². The van der Waals surface area contributed by atoms with E-state index in [1.54, 1.807) is 6.07 Å². The van der Waals surface area contributed by atoms with Gasteiger partial charge < -0.3 is 21.4 Å². The third-order valence-corrected chi connectivity index (χ3v) is 7.03. The summed E-state index contributed by atoms with van der Waals surface area (Å²) in [5.41, 5.74) is 4.81. The topological polar surface area (TPSA) is 184 Å². The van der Waals surface area contributed by atoms with Crippen LogP contribution in [0.2, 0.25) is 4.34 Å². The van der Waals surface area contributed by atoms with Gasteiger partial charge in [0.2, 0.25) is 0 Å². The molecule has 5 N–H and O–H groups in total. The number of nitrogens with two attached hydrogens (primary N) is 1. The maximum absolute atomic E-state index is 12.8. The van der Waals surface area contributed by atoms with Crippen LogP contribution in [0.3, 0.4) is 0 Å². The van der Waals surface area contributed by atoms with E-state index in [4.69, 9.17) is 17.3 Å². The van der Waals surface area contributed by atoms with Crippen molar-refractivity contribution in [2.24, 2.45) is 5.16 Å². The van der Waals surface area contributed by atoms with Gasteiger partial charge in [-0.1, -0.05) is 39.9 Å². The predicted molar refractivity (Wildman–Crippen MR) is 114 cm³/mol. The molecular formula is C17H14ClN7O5S2. The molecule has 4 heterocycles. The number of carboxylic acid groups (broad SMARTS) is 1. The van der Waals surface area contributed by atoms with Crippen molar-refractivity contribution in [3.63, 3.8) is 0 Å². The summed E-state index contributed by atoms with van der Waals surface area (Å²) in [6, 6.07) is 0.134. The van der Waals surface area contributed by atoms with Gasteiger partial charge in [-0.3, -0.25) is 14.5 Å². The van der Waals surface area contributed by atoms with Crippen LogP contribution in [0.25, 0.3) is 0 Å². The highest BCUT2D eigenvalue weighted by atomic mass is 35.5. The smallest absolute Gasteiger partial charge is 0.353 e. The van der Waals surface area contributed by atoms with Crippen LogP contribution < -0.4 is 11.1 Å². The zero-order valence-electron chi connectivity index (χ0n) is 15.9. The summed E-state index contributed by atoms with van der Waals surface area (Å²) in [5, 5.41) is 31.9. The second-order valence-corrected chi connectivity index (χ2v) is 9.45. The number of amides is 2. The van der Waals surface area contributed by atoms with Crippen molar-refractivity contribution in [2.75, 3.05) is 5.73 Å². The van der Waals surface area contributed by atoms with Crippen molar-refractivity contribution in [1.29, 1.82) is 0 Å². The van der Waals surface area contributed by atoms with Crippen LogP contribution in [0, 0.1) is 0 Å². The first-order valence-electron chi connectivity index (χ1n) is 9.01. The SMILES string of the molecule is Nc1nc(/C(=N/O)C(=O)NC2C(=O)N3C(C(=O)O)=C(Sc4ccnnc4)CCC23)c(Cl)s1. The van der Waals surface area contributed by atoms with Crippen LogP contribution in [0.1, 0.15) is 18.5 Å². The number of rotatable bonds is 6. The fourth-order valence-electron chi connectivity index (χ4n) is 3.48. The lowest BCUT2D eigenvalue weighted by Crippen LogP contribution is -2.72. The van der Waals surface area contributed by atoms with Gasteiger partial charge in [-0.15, -0.1) is 0 Å². The first-order valence-corrected chi connectivity index (χ1v) is 11.0. The number of β-lactam (4-membered cyclic amide) rings is 1. The summed E-state index contributed by atoms with van der Waals surface area (Å²) in [7, 11) is 0. The monoisotopic (exact) mass is 495 g/mol. The first kappa shape index (κ1) is 22.0. The molecule has 4 rings (SSSR count). The number of carbonyl (C=O) groups is 3. The first-order chi connectivity index (χ1) is 15.3. The van der Waals surface area contributed by atoms with E-state index >= 15 is 0 Å². The van der Waals surface area contributed by atoms with Gasteiger partial charge in [0.05, 0.1) is 18.4 Å². The van der Waals surface area contributed by atoms with Crippen molar-refractivity contribution >= 4 is 63.3 Å². The molecule has 2 unspecified atom stereocenters. The van der Waals surface area contributed by atoms with Crippen molar-refractivity contribution in [3.05, 3.63) is 39.1 Å². The summed E-state index contributed by atoms with van der Waals surface area (Å²) in [5.74, 6) is -2.73. The van der Waals surface area contributed by atoms with E-state index in [0.29, 0.717) is 22.6 Å². The number of aromatic nitrogens is 3. The average molecular weight is 496 g/mol. The minimum atomic E-state index is -1.25. The highest BCUT2D eigenvalue weighted by Crippen LogP contribution is 2.43. The number of fused-ring (bicyclic) bond motifs is 1. The van der Waals surface area contributed by atoms with E-state index in [1.165, 1.54) is 24.2 Å². The molecule has 0 aliphatic carbocycles. The van der Waals surface area contributed by atoms with Crippen molar-refractivity contribution in [3.8, 4) is 0 Å². The fraction of sp³-hybridized carbons (Fsp3) is 0.235. The molecule has 2 amide bonds. The van der Waals surface area contributed by atoms with Gasteiger partial charge in [-0.2, -0.15) is 10.2 Å². The zero-order chi connectivity index (χ0) is 23.0. The van der Waals surface area contributed by atoms with E-state index in [-0.39, 0.29) is 20.9 Å². The minimum Gasteiger partial charge on any atom is -0.477 e. The third kappa shape index (κ3) is 3.87. The lowest BCUT2D eigenvalue weighted by molar-refractivity contribution is -0.155. The number of thioether (sulfide) groups is 1. The molecule has 2 aliphatic heterocycles. The molecule has 1 saturated heterocycles. The number of carboxylic acids is 1. The van der Waals surface area contributed by atoms with Gasteiger partial charge in [-0.25, -0.2) is 9.78 Å². The van der Waals surface area contributed by atoms with Crippen LogP contribution in [-0.2, 0) is 14.4 Å². The Balaban J connectivity index is 1.53. The van der Waals surface area contributed by atoms with Gasteiger partial charge in [0, 0.05) is 9.80 Å². The number of aliphatic carboxylic acids is 1. The van der Waals surface area contributed by atoms with Crippen LogP contribution in [0.15, 0.2) is 39.1 Å². The molecule has 32 heavy (non-hydrogen) atoms. The second-order valence-electron chi connectivity index (χ2n) is 6.65. The standard InChI is InChI=1S/C17H14ClN7O5S2/c18-13-10(23-17(19)32-13)11(24-30)14(26)22-9-7-1-2-8(31-6-3-4-20-21-5-6)12(16(28)29)25(7)15(9)27/h3-5,7,9,30H,1-2H2,(H2,19,23)(H,22,26)(H,28,29)/b24-11-. The third-order valence-electron chi connectivity index (χ3n) is 4.82. The van der Waals surface area contributed by atoms with Crippen molar-refractivity contribution < 1.29 is 24.7 Å². The van der Waals surface area contributed by atoms with Gasteiger partial charge >= 0.3 is 5.97 Å². The molecule has 12 nitrogen and oxygen atoms in total. The van der Waals surface area contributed by atoms with Crippen LogP contribution in [0.4, 0.5) is 5.13 Å². The van der Waals surface area contributed by atoms with Crippen LogP contribution in [-0.4, -0.2) is 66.0 Å². The number of hydrogen-bond acceptors (Lipinski definition) is 11. The number of halogens is 1. The summed E-state index contributed by atoms with van der Waals surface area (Å²) in [6.07, 6.45) is 3.78. The Morgan fingerprint density at radius 2 is 2.19 bits per heavy atom. The Bertz CT molecular complexity index is 1170. The lowest BCUT2D eigenvalue weighted by Gasteiger charge is -2.50. The normalized spacial score (nSPS) is 20.6. The highest BCUT2D eigenvalue weighted by molar-refractivity contribution is 8.03. The maximum atomic E-state index is 12.8. The molecule has 0 saturated carbocycles. The molecule has 0 radical (unpaired) electrons. The largest absolute Gasteiger partial charge is 0.477 e. The number of carbonyl (C=O) groups excluding carboxylic acids is 2. The molecule has 2 aromatic rings. The van der Waals surface area contributed by atoms with E-state index in [0.717, 1.165) is 16.2 Å². The zero-order valence-corrected chi connectivity index (χ0v) is 18.3. The van der Waals surface area contributed by atoms with E-state index < -0.39 is 35.6 Å². The number of nitrogens with zero attached hydrogens (tertiary/aromatic N) is 5. The van der Waals surface area contributed by atoms with Gasteiger partial charge in [-0.05, 0) is 18.9 Å². The van der Waals surface area contributed by atoms with Crippen LogP contribution in [0.5, 0.6) is 0 Å². The minimum absolute atomic E-state index is 0.0491. The summed E-state index contributed by atoms with van der Waals surface area (Å²) in [4.78, 5) is 43.6. The van der Waals surface area contributed by atoms with Crippen molar-refractivity contribution in [1.82, 2.24) is 25.4 Å². The van der Waals surface area contributed by atoms with Crippen molar-refractivity contribution in [2.45, 2.75) is 29.8 Å². The Morgan fingerprint density at radius 1 is 1.41 bits per heavy atom. The molecule has 2 aromatic heterocycles. The molecular weight excluding hydrogens is 482 g/mol. The van der Waals surface area contributed by atoms with Crippen LogP contribution >= 0.6 is 34.7 Å². The Morgan fingerprint density at radius 3 is 2.78 bits per heavy atom. The number of nitrogens with one attached hydrogen (secondary N) is 1. The number of allylic oxidation sites excluding steroid dienone is 1. The Hall–Kier alpha value is -3.23. The van der Waals surface area contributed by atoms with E-state index in [1.807, 2.05) is 0 Å². The molecule has 2 aliphatic rings. The quantitative estimate of drug-likeness (QED) is 0.194. The molecule has 166 valence electrons. The number of anilines is 1.